The van der Waals surface area contributed by atoms with E-state index < -0.39 is 0 Å². The number of benzene rings is 1. The van der Waals surface area contributed by atoms with Gasteiger partial charge < -0.3 is 4.74 Å². The molecule has 0 bridgehead atoms. The van der Waals surface area contributed by atoms with Crippen LogP contribution >= 0.6 is 0 Å². The molecule has 0 N–H and O–H groups in total. The Bertz CT molecular complexity index is 717. The molecule has 1 aromatic heterocycles. The summed E-state index contributed by atoms with van der Waals surface area (Å²) in [5.41, 5.74) is 4.88. The lowest BCUT2D eigenvalue weighted by Gasteiger charge is -2.12. The van der Waals surface area contributed by atoms with E-state index in [4.69, 9.17) is 9.72 Å². The van der Waals surface area contributed by atoms with Gasteiger partial charge in [-0.15, -0.1) is 0 Å². The van der Waals surface area contributed by atoms with Crippen LogP contribution in [0.5, 0.6) is 5.75 Å². The van der Waals surface area contributed by atoms with Gasteiger partial charge in [-0.3, -0.25) is 4.98 Å². The van der Waals surface area contributed by atoms with Crippen molar-refractivity contribution in [1.29, 1.82) is 0 Å². The highest BCUT2D eigenvalue weighted by Gasteiger charge is 2.11. The smallest absolute Gasteiger partial charge is 0.128 e. The molecule has 0 unspecified atom stereocenters. The van der Waals surface area contributed by atoms with Gasteiger partial charge in [0.05, 0.1) is 30.4 Å². The first kappa shape index (κ1) is 13.6. The number of ether oxygens (including phenoxy) is 1. The molecule has 1 aromatic carbocycles. The maximum Gasteiger partial charge on any atom is 0.128 e. The van der Waals surface area contributed by atoms with Gasteiger partial charge >= 0.3 is 0 Å². The molecule has 0 saturated heterocycles. The number of allylic oxidation sites excluding steroid dienone is 4. The molecule has 0 aliphatic heterocycles. The zero-order valence-electron chi connectivity index (χ0n) is 12.3. The summed E-state index contributed by atoms with van der Waals surface area (Å²) in [5.74, 6) is 0.815. The van der Waals surface area contributed by atoms with Crippen molar-refractivity contribution < 1.29 is 4.74 Å². The molecule has 0 atom stereocenters. The Morgan fingerprint density at radius 3 is 2.71 bits per heavy atom. The number of rotatable bonds is 3. The number of aromatic nitrogens is 2. The zero-order chi connectivity index (χ0) is 14.7. The van der Waals surface area contributed by atoms with Gasteiger partial charge in [0.25, 0.3) is 0 Å². The first-order valence-electron chi connectivity index (χ1n) is 7.13. The number of nitrogens with zero attached hydrogens (tertiary/aromatic N) is 2. The van der Waals surface area contributed by atoms with Crippen LogP contribution in [0.3, 0.4) is 0 Å². The van der Waals surface area contributed by atoms with Crippen molar-refractivity contribution in [2.24, 2.45) is 0 Å². The fraction of sp³-hybridized carbons (Fsp3) is 0.222. The number of hydrogen-bond donors (Lipinski definition) is 0. The number of methoxy groups -OCH3 is 1. The lowest BCUT2D eigenvalue weighted by molar-refractivity contribution is 0.416. The molecule has 2 aromatic rings. The summed E-state index contributed by atoms with van der Waals surface area (Å²) in [6, 6.07) is 7.87. The fourth-order valence-electron chi connectivity index (χ4n) is 2.54. The molecule has 106 valence electrons. The highest BCUT2D eigenvalue weighted by Crippen LogP contribution is 2.29. The molecule has 3 rings (SSSR count). The van der Waals surface area contributed by atoms with Crippen molar-refractivity contribution in [3.05, 3.63) is 60.1 Å². The predicted octanol–water partition coefficient (Wildman–Crippen LogP) is 4.19. The Morgan fingerprint density at radius 1 is 1.14 bits per heavy atom. The topological polar surface area (TPSA) is 35.0 Å². The van der Waals surface area contributed by atoms with Gasteiger partial charge in [0.2, 0.25) is 0 Å². The summed E-state index contributed by atoms with van der Waals surface area (Å²) >= 11 is 0. The molecular weight excluding hydrogens is 260 g/mol. The molecule has 21 heavy (non-hydrogen) atoms. The van der Waals surface area contributed by atoms with Crippen LogP contribution in [0.4, 0.5) is 0 Å². The number of aryl methyl sites for hydroxylation is 1. The highest BCUT2D eigenvalue weighted by molar-refractivity contribution is 5.75. The van der Waals surface area contributed by atoms with Gasteiger partial charge in [-0.05, 0) is 37.5 Å². The second kappa shape index (κ2) is 5.92. The van der Waals surface area contributed by atoms with E-state index in [1.807, 2.05) is 37.4 Å². The van der Waals surface area contributed by atoms with Crippen LogP contribution in [0.15, 0.2) is 48.7 Å². The molecule has 1 aliphatic rings. The zero-order valence-corrected chi connectivity index (χ0v) is 12.3. The van der Waals surface area contributed by atoms with Gasteiger partial charge in [-0.2, -0.15) is 0 Å². The molecule has 1 aliphatic carbocycles. The second-order valence-corrected chi connectivity index (χ2v) is 5.03. The normalized spacial score (nSPS) is 13.9. The molecule has 0 amide bonds. The van der Waals surface area contributed by atoms with Crippen molar-refractivity contribution in [3.8, 4) is 17.0 Å². The van der Waals surface area contributed by atoms with E-state index >= 15 is 0 Å². The summed E-state index contributed by atoms with van der Waals surface area (Å²) in [4.78, 5) is 9.33. The van der Waals surface area contributed by atoms with Gasteiger partial charge in [-0.1, -0.05) is 30.4 Å². The molecule has 1 heterocycles. The molecule has 0 spiro atoms. The summed E-state index contributed by atoms with van der Waals surface area (Å²) in [5, 5.41) is 0. The van der Waals surface area contributed by atoms with Gasteiger partial charge in [0, 0.05) is 5.56 Å². The van der Waals surface area contributed by atoms with Crippen molar-refractivity contribution >= 4 is 5.57 Å². The first-order chi connectivity index (χ1) is 10.3. The highest BCUT2D eigenvalue weighted by atomic mass is 16.5. The van der Waals surface area contributed by atoms with E-state index in [9.17, 15) is 0 Å². The Morgan fingerprint density at radius 2 is 2.00 bits per heavy atom. The minimum Gasteiger partial charge on any atom is -0.496 e. The summed E-state index contributed by atoms with van der Waals surface area (Å²) in [6.07, 6.45) is 10.5. The van der Waals surface area contributed by atoms with Gasteiger partial charge in [0.15, 0.2) is 0 Å². The third-order valence-electron chi connectivity index (χ3n) is 3.60. The summed E-state index contributed by atoms with van der Waals surface area (Å²) in [7, 11) is 1.67. The third kappa shape index (κ3) is 2.72. The molecular formula is C18H18N2O. The van der Waals surface area contributed by atoms with Crippen LogP contribution in [0.1, 0.15) is 24.2 Å². The molecule has 0 radical (unpaired) electrons. The van der Waals surface area contributed by atoms with Crippen LogP contribution < -0.4 is 4.74 Å². The van der Waals surface area contributed by atoms with Crippen molar-refractivity contribution in [2.45, 2.75) is 19.8 Å². The Labute approximate surface area is 125 Å². The van der Waals surface area contributed by atoms with Gasteiger partial charge in [-0.25, -0.2) is 4.98 Å². The Kier molecular flexibility index (Phi) is 3.82. The van der Waals surface area contributed by atoms with E-state index in [1.165, 1.54) is 0 Å². The second-order valence-electron chi connectivity index (χ2n) is 5.03. The lowest BCUT2D eigenvalue weighted by atomic mass is 10.0. The fourth-order valence-corrected chi connectivity index (χ4v) is 2.54. The largest absolute Gasteiger partial charge is 0.496 e. The van der Waals surface area contributed by atoms with Crippen molar-refractivity contribution in [2.75, 3.05) is 7.11 Å². The minimum atomic E-state index is 0.815. The van der Waals surface area contributed by atoms with E-state index in [-0.39, 0.29) is 0 Å². The van der Waals surface area contributed by atoms with Crippen LogP contribution in [0.2, 0.25) is 0 Å². The van der Waals surface area contributed by atoms with Crippen molar-refractivity contribution in [1.82, 2.24) is 9.97 Å². The van der Waals surface area contributed by atoms with Crippen LogP contribution in [-0.4, -0.2) is 17.1 Å². The Hall–Kier alpha value is -2.42. The summed E-state index contributed by atoms with van der Waals surface area (Å²) < 4.78 is 5.40. The monoisotopic (exact) mass is 278 g/mol. The third-order valence-corrected chi connectivity index (χ3v) is 3.60. The quantitative estimate of drug-likeness (QED) is 0.844. The van der Waals surface area contributed by atoms with Crippen LogP contribution in [0, 0.1) is 6.92 Å². The van der Waals surface area contributed by atoms with Crippen LogP contribution in [0.25, 0.3) is 16.8 Å². The predicted molar refractivity (Wildman–Crippen MR) is 85.1 cm³/mol. The molecule has 3 heteroatoms. The SMILES string of the molecule is COc1ccccc1-c1cnc(C2=CCCC=C2)c(C)n1. The maximum atomic E-state index is 5.40. The molecule has 0 saturated carbocycles. The lowest BCUT2D eigenvalue weighted by Crippen LogP contribution is -1.99. The number of para-hydroxylation sites is 1. The Balaban J connectivity index is 2.01. The maximum absolute atomic E-state index is 5.40. The van der Waals surface area contributed by atoms with E-state index in [2.05, 4.69) is 23.2 Å². The number of hydrogen-bond acceptors (Lipinski definition) is 3. The van der Waals surface area contributed by atoms with E-state index in [0.717, 1.165) is 46.8 Å². The van der Waals surface area contributed by atoms with Crippen molar-refractivity contribution in [3.63, 3.8) is 0 Å². The van der Waals surface area contributed by atoms with Gasteiger partial charge in [0.1, 0.15) is 5.75 Å². The van der Waals surface area contributed by atoms with E-state index in [1.54, 1.807) is 7.11 Å². The summed E-state index contributed by atoms with van der Waals surface area (Å²) in [6.45, 7) is 2.00. The van der Waals surface area contributed by atoms with E-state index in [0.29, 0.717) is 0 Å². The first-order valence-corrected chi connectivity index (χ1v) is 7.13. The van der Waals surface area contributed by atoms with Crippen LogP contribution in [-0.2, 0) is 0 Å². The average molecular weight is 278 g/mol. The molecule has 3 nitrogen and oxygen atoms in total. The molecule has 0 fully saturated rings. The average Bonchev–Trinajstić information content (AvgIpc) is 2.55. The standard InChI is InChI=1S/C18H18N2O/c1-13-18(14-8-4-3-5-9-14)19-12-16(20-13)15-10-6-7-11-17(15)21-2/h4,6-12H,3,5H2,1-2H3. The minimum absolute atomic E-state index is 0.815.